The number of anilines is 1. The third-order valence-electron chi connectivity index (χ3n) is 3.92. The van der Waals surface area contributed by atoms with Crippen LogP contribution in [0.25, 0.3) is 0 Å². The van der Waals surface area contributed by atoms with Crippen LogP contribution in [0.15, 0.2) is 38.6 Å². The average Bonchev–Trinajstić information content (AvgIpc) is 3.29. The summed E-state index contributed by atoms with van der Waals surface area (Å²) in [6, 6.07) is 1.71. The zero-order valence-corrected chi connectivity index (χ0v) is 15.1. The Morgan fingerprint density at radius 2 is 2.11 bits per heavy atom. The molecule has 0 fully saturated rings. The van der Waals surface area contributed by atoms with Gasteiger partial charge in [-0.15, -0.1) is 0 Å². The van der Waals surface area contributed by atoms with Gasteiger partial charge in [0.25, 0.3) is 0 Å². The first-order valence-electron chi connectivity index (χ1n) is 8.32. The van der Waals surface area contributed by atoms with Gasteiger partial charge in [-0.05, 0) is 26.0 Å². The zero-order valence-electron chi connectivity index (χ0n) is 15.1. The molecule has 0 radical (unpaired) electrons. The number of nitrogen functional groups attached to an aromatic ring is 1. The van der Waals surface area contributed by atoms with Crippen LogP contribution in [0.1, 0.15) is 34.8 Å². The molecule has 1 unspecified atom stereocenters. The van der Waals surface area contributed by atoms with E-state index in [4.69, 9.17) is 24.1 Å². The van der Waals surface area contributed by atoms with E-state index in [9.17, 15) is 14.4 Å². The number of nitrogens with two attached hydrogens (primary N) is 1. The molecule has 0 aliphatic carbocycles. The summed E-state index contributed by atoms with van der Waals surface area (Å²) in [4.78, 5) is 36.9. The number of hydrogen-bond donors (Lipinski definition) is 3. The minimum absolute atomic E-state index is 0.0267. The molecule has 0 saturated carbocycles. The number of aryl methyl sites for hydroxylation is 1. The maximum Gasteiger partial charge on any atom is 0.346 e. The Bertz CT molecular complexity index is 910. The highest BCUT2D eigenvalue weighted by Gasteiger charge is 2.36. The largest absolute Gasteiger partial charge is 0.467 e. The molecule has 1 aliphatic heterocycles. The van der Waals surface area contributed by atoms with E-state index in [-0.39, 0.29) is 35.0 Å². The molecule has 2 amide bonds. The number of ether oxygens (including phenoxy) is 2. The lowest BCUT2D eigenvalue weighted by Crippen LogP contribution is -2.47. The molecule has 0 aromatic carbocycles. The van der Waals surface area contributed by atoms with Gasteiger partial charge in [0.15, 0.2) is 0 Å². The summed E-state index contributed by atoms with van der Waals surface area (Å²) in [7, 11) is 0. The molecule has 148 valence electrons. The van der Waals surface area contributed by atoms with Crippen LogP contribution in [0.3, 0.4) is 0 Å². The van der Waals surface area contributed by atoms with Crippen molar-refractivity contribution in [2.24, 2.45) is 0 Å². The summed E-state index contributed by atoms with van der Waals surface area (Å²) in [5.41, 5.74) is 5.91. The van der Waals surface area contributed by atoms with Crippen molar-refractivity contribution in [2.75, 3.05) is 18.9 Å². The molecule has 1 aliphatic rings. The van der Waals surface area contributed by atoms with E-state index >= 15 is 0 Å². The van der Waals surface area contributed by atoms with Gasteiger partial charge in [0.2, 0.25) is 5.88 Å². The van der Waals surface area contributed by atoms with Crippen molar-refractivity contribution < 1.29 is 32.8 Å². The van der Waals surface area contributed by atoms with Crippen molar-refractivity contribution in [2.45, 2.75) is 19.9 Å². The summed E-state index contributed by atoms with van der Waals surface area (Å²) in [6.45, 7) is 2.87. The highest BCUT2D eigenvalue weighted by Crippen LogP contribution is 2.28. The van der Waals surface area contributed by atoms with E-state index in [0.717, 1.165) is 0 Å². The van der Waals surface area contributed by atoms with Gasteiger partial charge >= 0.3 is 18.0 Å². The van der Waals surface area contributed by atoms with Crippen molar-refractivity contribution >= 4 is 23.9 Å². The van der Waals surface area contributed by atoms with E-state index < -0.39 is 30.6 Å². The molecule has 11 nitrogen and oxygen atoms in total. The SMILES string of the molecule is CCOC(=O)C1=C(COC(=O)c2c(C)noc2N)NC(=O)NC1c1ccco1. The number of carbonyl (C=O) groups is 3. The highest BCUT2D eigenvalue weighted by molar-refractivity contribution is 5.96. The van der Waals surface area contributed by atoms with Crippen molar-refractivity contribution in [3.8, 4) is 0 Å². The van der Waals surface area contributed by atoms with Gasteiger partial charge in [-0.2, -0.15) is 0 Å². The second kappa shape index (κ2) is 7.86. The summed E-state index contributed by atoms with van der Waals surface area (Å²) in [5, 5.41) is 8.63. The predicted molar refractivity (Wildman–Crippen MR) is 92.7 cm³/mol. The Labute approximate surface area is 158 Å². The topological polar surface area (TPSA) is 159 Å². The van der Waals surface area contributed by atoms with Crippen LogP contribution in [0.4, 0.5) is 10.7 Å². The van der Waals surface area contributed by atoms with Gasteiger partial charge < -0.3 is 34.8 Å². The van der Waals surface area contributed by atoms with Crippen LogP contribution in [-0.4, -0.2) is 36.3 Å². The van der Waals surface area contributed by atoms with Gasteiger partial charge in [-0.25, -0.2) is 14.4 Å². The summed E-state index contributed by atoms with van der Waals surface area (Å²) in [6.07, 6.45) is 1.41. The number of amides is 2. The van der Waals surface area contributed by atoms with Gasteiger partial charge in [0, 0.05) is 0 Å². The molecule has 11 heteroatoms. The number of nitrogens with zero attached hydrogens (tertiary/aromatic N) is 1. The quantitative estimate of drug-likeness (QED) is 0.616. The Morgan fingerprint density at radius 3 is 2.71 bits per heavy atom. The maximum absolute atomic E-state index is 12.5. The van der Waals surface area contributed by atoms with Gasteiger partial charge in [0.1, 0.15) is 24.0 Å². The Kier molecular flexibility index (Phi) is 5.34. The number of aromatic nitrogens is 1. The Hall–Kier alpha value is -3.76. The fourth-order valence-corrected chi connectivity index (χ4v) is 2.70. The number of esters is 2. The average molecular weight is 390 g/mol. The van der Waals surface area contributed by atoms with E-state index in [1.807, 2.05) is 0 Å². The molecule has 0 saturated heterocycles. The summed E-state index contributed by atoms with van der Waals surface area (Å²) >= 11 is 0. The monoisotopic (exact) mass is 390 g/mol. The molecule has 4 N–H and O–H groups in total. The second-order valence-electron chi connectivity index (χ2n) is 5.74. The van der Waals surface area contributed by atoms with Crippen molar-refractivity contribution in [3.05, 3.63) is 46.7 Å². The van der Waals surface area contributed by atoms with Crippen LogP contribution in [0.5, 0.6) is 0 Å². The predicted octanol–water partition coefficient (Wildman–Crippen LogP) is 1.19. The van der Waals surface area contributed by atoms with Gasteiger partial charge in [-0.1, -0.05) is 5.16 Å². The van der Waals surface area contributed by atoms with Crippen molar-refractivity contribution in [3.63, 3.8) is 0 Å². The first-order valence-corrected chi connectivity index (χ1v) is 8.32. The standard InChI is InChI=1S/C17H18N4O7/c1-3-25-16(23)12-9(7-27-15(22)11-8(2)21-28-14(11)18)19-17(24)20-13(12)10-5-4-6-26-10/h4-6,13H,3,7,18H2,1-2H3,(H2,19,20,24). The molecule has 3 rings (SSSR count). The third kappa shape index (κ3) is 3.68. The van der Waals surface area contributed by atoms with Gasteiger partial charge in [-0.3, -0.25) is 0 Å². The fraction of sp³-hybridized carbons (Fsp3) is 0.294. The molecule has 28 heavy (non-hydrogen) atoms. The van der Waals surface area contributed by atoms with E-state index in [1.54, 1.807) is 19.1 Å². The van der Waals surface area contributed by atoms with E-state index in [1.165, 1.54) is 13.2 Å². The summed E-state index contributed by atoms with van der Waals surface area (Å²) in [5.74, 6) is -1.37. The molecular formula is C17H18N4O7. The van der Waals surface area contributed by atoms with Crippen LogP contribution < -0.4 is 16.4 Å². The molecule has 0 bridgehead atoms. The molecule has 3 heterocycles. The Balaban J connectivity index is 1.91. The lowest BCUT2D eigenvalue weighted by molar-refractivity contribution is -0.139. The van der Waals surface area contributed by atoms with Crippen LogP contribution >= 0.6 is 0 Å². The van der Waals surface area contributed by atoms with Gasteiger partial charge in [0.05, 0.1) is 29.8 Å². The zero-order chi connectivity index (χ0) is 20.3. The molecule has 0 spiro atoms. The smallest absolute Gasteiger partial charge is 0.346 e. The first-order chi connectivity index (χ1) is 13.4. The number of nitrogens with one attached hydrogen (secondary N) is 2. The minimum atomic E-state index is -0.904. The third-order valence-corrected chi connectivity index (χ3v) is 3.92. The molecule has 1 atom stereocenters. The molecule has 2 aromatic rings. The number of rotatable bonds is 6. The number of carbonyl (C=O) groups excluding carboxylic acids is 3. The van der Waals surface area contributed by atoms with E-state index in [0.29, 0.717) is 5.76 Å². The Morgan fingerprint density at radius 1 is 1.32 bits per heavy atom. The first kappa shape index (κ1) is 19.0. The summed E-state index contributed by atoms with van der Waals surface area (Å²) < 4.78 is 20.3. The lowest BCUT2D eigenvalue weighted by atomic mass is 10.0. The molecular weight excluding hydrogens is 372 g/mol. The van der Waals surface area contributed by atoms with Crippen LogP contribution in [0, 0.1) is 6.92 Å². The van der Waals surface area contributed by atoms with E-state index in [2.05, 4.69) is 15.8 Å². The fourth-order valence-electron chi connectivity index (χ4n) is 2.70. The minimum Gasteiger partial charge on any atom is -0.467 e. The maximum atomic E-state index is 12.5. The second-order valence-corrected chi connectivity index (χ2v) is 5.74. The van der Waals surface area contributed by atoms with Crippen LogP contribution in [0.2, 0.25) is 0 Å². The number of urea groups is 1. The lowest BCUT2D eigenvalue weighted by Gasteiger charge is -2.27. The molecule has 2 aromatic heterocycles. The van der Waals surface area contributed by atoms with Crippen molar-refractivity contribution in [1.29, 1.82) is 0 Å². The number of furan rings is 1. The van der Waals surface area contributed by atoms with Crippen molar-refractivity contribution in [1.82, 2.24) is 15.8 Å². The highest BCUT2D eigenvalue weighted by atomic mass is 16.5. The number of hydrogen-bond acceptors (Lipinski definition) is 9. The van der Waals surface area contributed by atoms with Crippen LogP contribution in [-0.2, 0) is 14.3 Å². The normalized spacial score (nSPS) is 16.4.